The number of nitrogens with zero attached hydrogens (tertiary/aromatic N) is 4. The SMILES string of the molecule is Cn1ccnc1SCCNC(=O)c1ccc(NC(=O)C[C@H]2SC(N3CCCC3)=NC2=O)cc1. The van der Waals surface area contributed by atoms with E-state index in [4.69, 9.17) is 0 Å². The van der Waals surface area contributed by atoms with Gasteiger partial charge in [0.05, 0.1) is 0 Å². The Labute approximate surface area is 200 Å². The number of anilines is 1. The maximum atomic E-state index is 12.4. The second kappa shape index (κ2) is 10.9. The molecule has 11 heteroatoms. The number of carbonyl (C=O) groups is 3. The van der Waals surface area contributed by atoms with Crippen LogP contribution < -0.4 is 10.6 Å². The fourth-order valence-corrected chi connectivity index (χ4v) is 5.44. The van der Waals surface area contributed by atoms with Gasteiger partial charge < -0.3 is 20.1 Å². The summed E-state index contributed by atoms with van der Waals surface area (Å²) in [6.07, 6.45) is 5.91. The van der Waals surface area contributed by atoms with Gasteiger partial charge in [-0.15, -0.1) is 0 Å². The van der Waals surface area contributed by atoms with Crippen molar-refractivity contribution in [1.82, 2.24) is 19.8 Å². The van der Waals surface area contributed by atoms with Gasteiger partial charge in [0.25, 0.3) is 11.8 Å². The van der Waals surface area contributed by atoms with Crippen molar-refractivity contribution in [2.24, 2.45) is 12.0 Å². The molecule has 3 heterocycles. The highest BCUT2D eigenvalue weighted by Gasteiger charge is 2.33. The number of aliphatic imine (C=N–C) groups is 1. The fourth-order valence-electron chi connectivity index (χ4n) is 3.54. The zero-order valence-corrected chi connectivity index (χ0v) is 20.0. The minimum absolute atomic E-state index is 0.0697. The van der Waals surface area contributed by atoms with Crippen molar-refractivity contribution >= 4 is 52.1 Å². The van der Waals surface area contributed by atoms with Gasteiger partial charge in [-0.05, 0) is 37.1 Å². The Morgan fingerprint density at radius 2 is 1.97 bits per heavy atom. The molecule has 174 valence electrons. The summed E-state index contributed by atoms with van der Waals surface area (Å²) in [5, 5.41) is 6.85. The summed E-state index contributed by atoms with van der Waals surface area (Å²) in [6, 6.07) is 6.71. The quantitative estimate of drug-likeness (QED) is 0.436. The summed E-state index contributed by atoms with van der Waals surface area (Å²) in [6.45, 7) is 2.35. The first kappa shape index (κ1) is 23.4. The monoisotopic (exact) mass is 486 g/mol. The molecule has 0 unspecified atom stereocenters. The van der Waals surface area contributed by atoms with Crippen molar-refractivity contribution in [2.75, 3.05) is 30.7 Å². The molecule has 33 heavy (non-hydrogen) atoms. The molecule has 1 aromatic heterocycles. The summed E-state index contributed by atoms with van der Waals surface area (Å²) >= 11 is 2.95. The van der Waals surface area contributed by atoms with E-state index in [2.05, 4.69) is 25.5 Å². The molecular weight excluding hydrogens is 460 g/mol. The standard InChI is InChI=1S/C22H26N6O3S2/c1-27-12-8-24-21(27)32-13-9-23-19(30)15-4-6-16(7-5-15)25-18(29)14-17-20(31)26-22(33-17)28-10-2-3-11-28/h4-8,12,17H,2-3,9-11,13-14H2,1H3,(H,23,30)(H,25,29)/t17-/m1/s1. The van der Waals surface area contributed by atoms with Crippen LogP contribution in [0.2, 0.25) is 0 Å². The number of nitrogens with one attached hydrogen (secondary N) is 2. The van der Waals surface area contributed by atoms with E-state index in [0.29, 0.717) is 23.5 Å². The van der Waals surface area contributed by atoms with Crippen molar-refractivity contribution in [1.29, 1.82) is 0 Å². The normalized spacial score (nSPS) is 17.8. The third-order valence-corrected chi connectivity index (χ3v) is 7.58. The highest BCUT2D eigenvalue weighted by Crippen LogP contribution is 2.29. The Morgan fingerprint density at radius 1 is 1.21 bits per heavy atom. The molecule has 4 rings (SSSR count). The molecule has 2 aromatic rings. The molecule has 0 spiro atoms. The van der Waals surface area contributed by atoms with Crippen LogP contribution in [-0.2, 0) is 16.6 Å². The van der Waals surface area contributed by atoms with Gasteiger partial charge in [0.15, 0.2) is 10.3 Å². The number of amides is 3. The average Bonchev–Trinajstić information content (AvgIpc) is 3.54. The Bertz CT molecular complexity index is 1050. The molecule has 0 radical (unpaired) electrons. The van der Waals surface area contributed by atoms with Crippen LogP contribution >= 0.6 is 23.5 Å². The lowest BCUT2D eigenvalue weighted by atomic mass is 10.2. The highest BCUT2D eigenvalue weighted by atomic mass is 32.2. The first-order valence-corrected chi connectivity index (χ1v) is 12.7. The third kappa shape index (κ3) is 6.17. The van der Waals surface area contributed by atoms with Gasteiger partial charge in [-0.1, -0.05) is 23.5 Å². The van der Waals surface area contributed by atoms with Crippen LogP contribution in [0.3, 0.4) is 0 Å². The maximum absolute atomic E-state index is 12.4. The van der Waals surface area contributed by atoms with Crippen LogP contribution in [0, 0.1) is 0 Å². The minimum atomic E-state index is -0.478. The average molecular weight is 487 g/mol. The van der Waals surface area contributed by atoms with Gasteiger partial charge in [-0.3, -0.25) is 14.4 Å². The van der Waals surface area contributed by atoms with Crippen LogP contribution in [-0.4, -0.2) is 68.0 Å². The van der Waals surface area contributed by atoms with Gasteiger partial charge in [-0.2, -0.15) is 4.99 Å². The molecule has 2 aliphatic rings. The molecular formula is C22H26N6O3S2. The molecule has 1 atom stereocenters. The van der Waals surface area contributed by atoms with Crippen LogP contribution in [0.15, 0.2) is 46.8 Å². The molecule has 1 aromatic carbocycles. The number of amidine groups is 1. The van der Waals surface area contributed by atoms with E-state index in [0.717, 1.165) is 36.3 Å². The zero-order chi connectivity index (χ0) is 23.2. The first-order chi connectivity index (χ1) is 16.0. The molecule has 0 bridgehead atoms. The number of likely N-dealkylation sites (tertiary alicyclic amines) is 1. The summed E-state index contributed by atoms with van der Waals surface area (Å²) < 4.78 is 1.93. The Balaban J connectivity index is 1.19. The van der Waals surface area contributed by atoms with Crippen molar-refractivity contribution in [3.05, 3.63) is 42.2 Å². The number of carbonyl (C=O) groups excluding carboxylic acids is 3. The molecule has 0 saturated carbocycles. The maximum Gasteiger partial charge on any atom is 0.262 e. The van der Waals surface area contributed by atoms with E-state index in [1.54, 1.807) is 42.2 Å². The molecule has 3 amide bonds. The number of rotatable bonds is 8. The second-order valence-corrected chi connectivity index (χ2v) is 10.0. The van der Waals surface area contributed by atoms with E-state index in [-0.39, 0.29) is 24.1 Å². The summed E-state index contributed by atoms with van der Waals surface area (Å²) in [5.41, 5.74) is 1.10. The van der Waals surface area contributed by atoms with Gasteiger partial charge in [0, 0.05) is 62.5 Å². The summed E-state index contributed by atoms with van der Waals surface area (Å²) in [7, 11) is 1.93. The van der Waals surface area contributed by atoms with Crippen LogP contribution in [0.4, 0.5) is 5.69 Å². The number of thioether (sulfide) groups is 2. The first-order valence-electron chi connectivity index (χ1n) is 10.8. The molecule has 2 aliphatic heterocycles. The topological polar surface area (TPSA) is 109 Å². The van der Waals surface area contributed by atoms with Crippen molar-refractivity contribution < 1.29 is 14.4 Å². The van der Waals surface area contributed by atoms with Crippen molar-refractivity contribution in [3.8, 4) is 0 Å². The number of imidazole rings is 1. The van der Waals surface area contributed by atoms with Crippen LogP contribution in [0.5, 0.6) is 0 Å². The molecule has 2 N–H and O–H groups in total. The smallest absolute Gasteiger partial charge is 0.262 e. The lowest BCUT2D eigenvalue weighted by Crippen LogP contribution is -2.26. The van der Waals surface area contributed by atoms with Crippen LogP contribution in [0.25, 0.3) is 0 Å². The van der Waals surface area contributed by atoms with E-state index < -0.39 is 5.25 Å². The number of hydrogen-bond donors (Lipinski definition) is 2. The van der Waals surface area contributed by atoms with Gasteiger partial charge in [0.1, 0.15) is 5.25 Å². The largest absolute Gasteiger partial charge is 0.351 e. The Kier molecular flexibility index (Phi) is 7.71. The molecule has 1 saturated heterocycles. The Hall–Kier alpha value is -2.79. The number of aromatic nitrogens is 2. The summed E-state index contributed by atoms with van der Waals surface area (Å²) in [5.74, 6) is 0.0477. The van der Waals surface area contributed by atoms with Crippen molar-refractivity contribution in [3.63, 3.8) is 0 Å². The highest BCUT2D eigenvalue weighted by molar-refractivity contribution is 8.15. The lowest BCUT2D eigenvalue weighted by Gasteiger charge is -2.16. The molecule has 1 fully saturated rings. The predicted octanol–water partition coefficient (Wildman–Crippen LogP) is 2.36. The van der Waals surface area contributed by atoms with Gasteiger partial charge in [0.2, 0.25) is 5.91 Å². The van der Waals surface area contributed by atoms with E-state index in [1.807, 2.05) is 17.8 Å². The third-order valence-electron chi connectivity index (χ3n) is 5.30. The van der Waals surface area contributed by atoms with Crippen molar-refractivity contribution in [2.45, 2.75) is 29.7 Å². The van der Waals surface area contributed by atoms with Crippen LogP contribution in [0.1, 0.15) is 29.6 Å². The Morgan fingerprint density at radius 3 is 2.67 bits per heavy atom. The molecule has 9 nitrogen and oxygen atoms in total. The molecule has 0 aliphatic carbocycles. The zero-order valence-electron chi connectivity index (χ0n) is 18.3. The number of hydrogen-bond acceptors (Lipinski definition) is 7. The fraction of sp³-hybridized carbons (Fsp3) is 0.409. The number of aryl methyl sites for hydroxylation is 1. The van der Waals surface area contributed by atoms with E-state index in [1.165, 1.54) is 11.8 Å². The lowest BCUT2D eigenvalue weighted by molar-refractivity contribution is -0.121. The minimum Gasteiger partial charge on any atom is -0.351 e. The predicted molar refractivity (Wildman–Crippen MR) is 131 cm³/mol. The number of benzene rings is 1. The second-order valence-electron chi connectivity index (χ2n) is 7.79. The van der Waals surface area contributed by atoms with Gasteiger partial charge in [-0.25, -0.2) is 4.98 Å². The van der Waals surface area contributed by atoms with Gasteiger partial charge >= 0.3 is 0 Å². The van der Waals surface area contributed by atoms with E-state index in [9.17, 15) is 14.4 Å². The van der Waals surface area contributed by atoms with E-state index >= 15 is 0 Å². The summed E-state index contributed by atoms with van der Waals surface area (Å²) in [4.78, 5) is 47.4.